The second-order valence-corrected chi connectivity index (χ2v) is 6.69. The fourth-order valence-electron chi connectivity index (χ4n) is 2.62. The molecule has 0 aliphatic carbocycles. The van der Waals surface area contributed by atoms with Crippen LogP contribution in [0.1, 0.15) is 36.1 Å². The first kappa shape index (κ1) is 20.2. The quantitative estimate of drug-likeness (QED) is 0.678. The van der Waals surface area contributed by atoms with Gasteiger partial charge in [-0.3, -0.25) is 0 Å². The van der Waals surface area contributed by atoms with E-state index in [0.29, 0.717) is 35.2 Å². The van der Waals surface area contributed by atoms with E-state index >= 15 is 0 Å². The molecule has 2 rings (SSSR count). The highest BCUT2D eigenvalue weighted by atomic mass is 32.1. The maximum atomic E-state index is 11.4. The minimum absolute atomic E-state index is 0.285. The zero-order valence-electron chi connectivity index (χ0n) is 15.7. The van der Waals surface area contributed by atoms with Crippen LogP contribution >= 0.6 is 11.3 Å². The molecular weight excluding hydrogens is 352 g/mol. The van der Waals surface area contributed by atoms with Crippen LogP contribution in [0.5, 0.6) is 11.5 Å². The van der Waals surface area contributed by atoms with Gasteiger partial charge < -0.3 is 19.5 Å². The number of likely N-dealkylation sites (N-methyl/N-ethyl adjacent to an activating group) is 1. The summed E-state index contributed by atoms with van der Waals surface area (Å²) in [5.74, 6) is 0.408. The van der Waals surface area contributed by atoms with E-state index in [9.17, 15) is 9.90 Å². The van der Waals surface area contributed by atoms with Gasteiger partial charge in [0.15, 0.2) is 0 Å². The first-order valence-electron chi connectivity index (χ1n) is 8.80. The predicted octanol–water partition coefficient (Wildman–Crippen LogP) is 3.80. The lowest BCUT2D eigenvalue weighted by Crippen LogP contribution is -2.27. The molecule has 2 aromatic rings. The van der Waals surface area contributed by atoms with Gasteiger partial charge in [-0.15, -0.1) is 11.3 Å². The molecule has 1 N–H and O–H groups in total. The Hall–Kier alpha value is -2.12. The molecule has 7 heteroatoms. The molecule has 0 aliphatic heterocycles. The Bertz CT molecular complexity index is 741. The summed E-state index contributed by atoms with van der Waals surface area (Å²) in [4.78, 5) is 18.5. The topological polar surface area (TPSA) is 71.9 Å². The van der Waals surface area contributed by atoms with Gasteiger partial charge in [0, 0.05) is 12.6 Å². The number of benzene rings is 1. The maximum absolute atomic E-state index is 11.4. The number of ether oxygens (including phenoxy) is 2. The van der Waals surface area contributed by atoms with Gasteiger partial charge in [-0.1, -0.05) is 20.8 Å². The van der Waals surface area contributed by atoms with Gasteiger partial charge in [-0.25, -0.2) is 9.78 Å². The Labute approximate surface area is 158 Å². The molecule has 0 radical (unpaired) electrons. The van der Waals surface area contributed by atoms with E-state index in [1.54, 1.807) is 7.11 Å². The van der Waals surface area contributed by atoms with Crippen LogP contribution in [0.3, 0.4) is 0 Å². The summed E-state index contributed by atoms with van der Waals surface area (Å²) in [5, 5.41) is 10.0. The van der Waals surface area contributed by atoms with Gasteiger partial charge in [0.05, 0.1) is 18.4 Å². The van der Waals surface area contributed by atoms with Crippen LogP contribution in [0.25, 0.3) is 10.6 Å². The van der Waals surface area contributed by atoms with Crippen molar-refractivity contribution in [3.05, 3.63) is 28.8 Å². The zero-order chi connectivity index (χ0) is 19.1. The average Bonchev–Trinajstić information content (AvgIpc) is 3.09. The summed E-state index contributed by atoms with van der Waals surface area (Å²) in [5.41, 5.74) is 1.39. The van der Waals surface area contributed by atoms with E-state index in [1.807, 2.05) is 25.1 Å². The van der Waals surface area contributed by atoms with Gasteiger partial charge >= 0.3 is 5.97 Å². The summed E-state index contributed by atoms with van der Waals surface area (Å²) in [6.45, 7) is 9.45. The van der Waals surface area contributed by atoms with Gasteiger partial charge in [0.25, 0.3) is 0 Å². The molecule has 0 unspecified atom stereocenters. The zero-order valence-corrected chi connectivity index (χ0v) is 16.6. The predicted molar refractivity (Wildman–Crippen MR) is 104 cm³/mol. The fourth-order valence-corrected chi connectivity index (χ4v) is 3.65. The van der Waals surface area contributed by atoms with Gasteiger partial charge in [-0.2, -0.15) is 0 Å². The molecule has 6 nitrogen and oxygen atoms in total. The van der Waals surface area contributed by atoms with Crippen molar-refractivity contribution in [3.8, 4) is 22.1 Å². The number of rotatable bonds is 10. The second kappa shape index (κ2) is 9.54. The van der Waals surface area contributed by atoms with E-state index in [1.165, 1.54) is 11.3 Å². The number of carboxylic acid groups (broad SMARTS) is 1. The summed E-state index contributed by atoms with van der Waals surface area (Å²) >= 11 is 1.18. The summed E-state index contributed by atoms with van der Waals surface area (Å²) in [6.07, 6.45) is 0.576. The van der Waals surface area contributed by atoms with Gasteiger partial charge in [0.1, 0.15) is 28.0 Å². The lowest BCUT2D eigenvalue weighted by Gasteiger charge is -2.19. The third-order valence-electron chi connectivity index (χ3n) is 4.21. The molecule has 1 heterocycles. The third-order valence-corrected chi connectivity index (χ3v) is 5.32. The molecule has 0 bridgehead atoms. The molecule has 0 aliphatic rings. The molecule has 142 valence electrons. The lowest BCUT2D eigenvalue weighted by atomic mass is 10.2. The molecule has 1 aromatic carbocycles. The third kappa shape index (κ3) is 4.74. The van der Waals surface area contributed by atoms with Crippen molar-refractivity contribution < 1.29 is 19.4 Å². The van der Waals surface area contributed by atoms with Gasteiger partial charge in [0.2, 0.25) is 0 Å². The first-order chi connectivity index (χ1) is 12.5. The molecule has 26 heavy (non-hydrogen) atoms. The number of carbonyl (C=O) groups is 1. The Morgan fingerprint density at radius 1 is 1.27 bits per heavy atom. The molecule has 0 amide bonds. The van der Waals surface area contributed by atoms with E-state index in [4.69, 9.17) is 9.47 Å². The Kier molecular flexibility index (Phi) is 7.41. The van der Waals surface area contributed by atoms with Crippen molar-refractivity contribution in [2.75, 3.05) is 33.4 Å². The van der Waals surface area contributed by atoms with E-state index in [2.05, 4.69) is 23.7 Å². The SMILES string of the molecule is CCc1nc(-c2ccc(OC)cc2OCCN(CC)CC)sc1C(=O)O. The standard InChI is InChI=1S/C19H26N2O4S/c1-5-15-17(19(22)23)26-18(20-15)14-9-8-13(24-4)12-16(14)25-11-10-21(6-2)7-3/h8-9,12H,5-7,10-11H2,1-4H3,(H,22,23). The Morgan fingerprint density at radius 2 is 2.00 bits per heavy atom. The number of aryl methyl sites for hydroxylation is 1. The number of aromatic carboxylic acids is 1. The van der Waals surface area contributed by atoms with Crippen LogP contribution in [-0.2, 0) is 6.42 Å². The maximum Gasteiger partial charge on any atom is 0.347 e. The van der Waals surface area contributed by atoms with Crippen molar-refractivity contribution in [3.63, 3.8) is 0 Å². The molecule has 0 fully saturated rings. The molecule has 0 saturated carbocycles. The van der Waals surface area contributed by atoms with Crippen LogP contribution in [-0.4, -0.2) is 54.3 Å². The minimum atomic E-state index is -0.942. The van der Waals surface area contributed by atoms with Crippen LogP contribution in [0.15, 0.2) is 18.2 Å². The molecule has 0 spiro atoms. The van der Waals surface area contributed by atoms with Crippen molar-refractivity contribution in [1.82, 2.24) is 9.88 Å². The molecule has 0 saturated heterocycles. The number of hydrogen-bond acceptors (Lipinski definition) is 6. The lowest BCUT2D eigenvalue weighted by molar-refractivity contribution is 0.0701. The van der Waals surface area contributed by atoms with Crippen molar-refractivity contribution in [2.24, 2.45) is 0 Å². The summed E-state index contributed by atoms with van der Waals surface area (Å²) in [6, 6.07) is 5.53. The van der Waals surface area contributed by atoms with Gasteiger partial charge in [-0.05, 0) is 31.6 Å². The highest BCUT2D eigenvalue weighted by Gasteiger charge is 2.19. The largest absolute Gasteiger partial charge is 0.497 e. The number of hydrogen-bond donors (Lipinski definition) is 1. The van der Waals surface area contributed by atoms with Crippen LogP contribution in [0, 0.1) is 0 Å². The highest BCUT2D eigenvalue weighted by Crippen LogP contribution is 2.37. The van der Waals surface area contributed by atoms with Crippen LogP contribution in [0.4, 0.5) is 0 Å². The van der Waals surface area contributed by atoms with Crippen molar-refractivity contribution in [2.45, 2.75) is 27.2 Å². The molecular formula is C19H26N2O4S. The Balaban J connectivity index is 2.31. The molecule has 1 aromatic heterocycles. The van der Waals surface area contributed by atoms with E-state index in [-0.39, 0.29) is 4.88 Å². The smallest absolute Gasteiger partial charge is 0.347 e. The van der Waals surface area contributed by atoms with Crippen LogP contribution < -0.4 is 9.47 Å². The normalized spacial score (nSPS) is 11.0. The Morgan fingerprint density at radius 3 is 2.54 bits per heavy atom. The number of nitrogens with zero attached hydrogens (tertiary/aromatic N) is 2. The number of methoxy groups -OCH3 is 1. The molecule has 0 atom stereocenters. The summed E-state index contributed by atoms with van der Waals surface area (Å²) in [7, 11) is 1.61. The fraction of sp³-hybridized carbons (Fsp3) is 0.474. The first-order valence-corrected chi connectivity index (χ1v) is 9.62. The van der Waals surface area contributed by atoms with E-state index in [0.717, 1.165) is 25.2 Å². The van der Waals surface area contributed by atoms with E-state index < -0.39 is 5.97 Å². The number of aromatic nitrogens is 1. The average molecular weight is 378 g/mol. The van der Waals surface area contributed by atoms with Crippen molar-refractivity contribution in [1.29, 1.82) is 0 Å². The number of thiazole rings is 1. The van der Waals surface area contributed by atoms with Crippen LogP contribution in [0.2, 0.25) is 0 Å². The summed E-state index contributed by atoms with van der Waals surface area (Å²) < 4.78 is 11.3. The monoisotopic (exact) mass is 378 g/mol. The highest BCUT2D eigenvalue weighted by molar-refractivity contribution is 7.17. The second-order valence-electron chi connectivity index (χ2n) is 5.69. The number of carboxylic acids is 1. The minimum Gasteiger partial charge on any atom is -0.497 e. The van der Waals surface area contributed by atoms with Crippen molar-refractivity contribution >= 4 is 17.3 Å².